The van der Waals surface area contributed by atoms with E-state index in [1.54, 1.807) is 0 Å². The van der Waals surface area contributed by atoms with Crippen molar-refractivity contribution in [3.63, 3.8) is 0 Å². The van der Waals surface area contributed by atoms with Crippen molar-refractivity contribution in [2.75, 3.05) is 0 Å². The van der Waals surface area contributed by atoms with Crippen molar-refractivity contribution in [1.82, 2.24) is 0 Å². The SMILES string of the molecule is [O]=[Mn](=[O])(=[O])[OH].[Ta]. The molecule has 0 aliphatic carbocycles. The predicted octanol–water partition coefficient (Wildman–Crippen LogP) is -0.918. The van der Waals surface area contributed by atoms with Crippen LogP contribution in [0.25, 0.3) is 0 Å². The van der Waals surface area contributed by atoms with Crippen molar-refractivity contribution in [3.05, 3.63) is 0 Å². The Balaban J connectivity index is 0. The van der Waals surface area contributed by atoms with Gasteiger partial charge < -0.3 is 0 Å². The normalized spacial score (nSPS) is 9.50. The van der Waals surface area contributed by atoms with E-state index >= 15 is 0 Å². The Morgan fingerprint density at radius 3 is 1.17 bits per heavy atom. The van der Waals surface area contributed by atoms with Gasteiger partial charge in [-0.15, -0.1) is 0 Å². The zero-order valence-electron chi connectivity index (χ0n) is 2.50. The first-order chi connectivity index (χ1) is 2.00. The Bertz CT molecular complexity index is 129. The molecule has 1 radical (unpaired) electrons. The second kappa shape index (κ2) is 2.74. The first-order valence-electron chi connectivity index (χ1n) is 0.632. The molecule has 0 aliphatic heterocycles. The molecule has 0 fully saturated rings. The average molecular weight is 301 g/mol. The van der Waals surface area contributed by atoms with Crippen molar-refractivity contribution in [2.24, 2.45) is 0 Å². The first kappa shape index (κ1) is 9.80. The largest absolute Gasteiger partial charge is 0 e. The molecule has 0 heterocycles. The quantitative estimate of drug-likeness (QED) is 0.588. The monoisotopic (exact) mass is 301 g/mol. The van der Waals surface area contributed by atoms with Crippen LogP contribution < -0.4 is 0 Å². The van der Waals surface area contributed by atoms with Gasteiger partial charge in [0, 0.05) is 22.4 Å². The minimum absolute atomic E-state index is 0. The molecule has 0 atom stereocenters. The average Bonchev–Trinajstić information content (AvgIpc) is 0.722. The van der Waals surface area contributed by atoms with E-state index < -0.39 is 13.0 Å². The van der Waals surface area contributed by atoms with Crippen LogP contribution in [0.3, 0.4) is 0 Å². The molecule has 0 aromatic heterocycles. The van der Waals surface area contributed by atoms with Gasteiger partial charge in [0.1, 0.15) is 0 Å². The minimum Gasteiger partial charge on any atom is 0 e. The summed E-state index contributed by atoms with van der Waals surface area (Å²) in [4.78, 5) is 0. The van der Waals surface area contributed by atoms with E-state index in [0.717, 1.165) is 0 Å². The van der Waals surface area contributed by atoms with E-state index in [1.807, 2.05) is 0 Å². The van der Waals surface area contributed by atoms with Crippen molar-refractivity contribution in [3.8, 4) is 0 Å². The van der Waals surface area contributed by atoms with Crippen molar-refractivity contribution in [2.45, 2.75) is 0 Å². The Morgan fingerprint density at radius 2 is 1.17 bits per heavy atom. The van der Waals surface area contributed by atoms with Crippen molar-refractivity contribution < 1.29 is 51.0 Å². The number of rotatable bonds is 0. The van der Waals surface area contributed by atoms with Crippen LogP contribution in [0.5, 0.6) is 0 Å². The molecule has 0 spiro atoms. The molecule has 0 amide bonds. The van der Waals surface area contributed by atoms with Crippen LogP contribution in [0, 0.1) is 0 Å². The van der Waals surface area contributed by atoms with Crippen LogP contribution >= 0.6 is 0 Å². The molecular weight excluding hydrogens is 300 g/mol. The van der Waals surface area contributed by atoms with Crippen LogP contribution in [-0.4, -0.2) is 4.19 Å². The fourth-order valence-corrected chi connectivity index (χ4v) is 0. The third-order valence-electron chi connectivity index (χ3n) is 0. The standard InChI is InChI=1S/Mn.H2O.3O.Ta/h;1H2;;;;/q+1;;;;;/p-1. The second-order valence-electron chi connectivity index (χ2n) is 0.396. The summed E-state index contributed by atoms with van der Waals surface area (Å²) >= 11 is -5.38. The van der Waals surface area contributed by atoms with Crippen molar-refractivity contribution in [1.29, 1.82) is 0 Å². The zero-order valence-corrected chi connectivity index (χ0v) is 6.89. The molecule has 0 rings (SSSR count). The Labute approximate surface area is 51.2 Å². The molecule has 0 unspecified atom stereocenters. The fourth-order valence-electron chi connectivity index (χ4n) is 0. The Morgan fingerprint density at radius 1 is 1.17 bits per heavy atom. The van der Waals surface area contributed by atoms with Gasteiger partial charge in [-0.1, -0.05) is 0 Å². The van der Waals surface area contributed by atoms with Gasteiger partial charge in [-0.3, -0.25) is 0 Å². The summed E-state index contributed by atoms with van der Waals surface area (Å²) in [7, 11) is 0. The van der Waals surface area contributed by atoms with Crippen LogP contribution in [0.4, 0.5) is 0 Å². The van der Waals surface area contributed by atoms with Gasteiger partial charge in [0.15, 0.2) is 0 Å². The van der Waals surface area contributed by atoms with Gasteiger partial charge in [0.25, 0.3) is 0 Å². The predicted molar refractivity (Wildman–Crippen MR) is 4.28 cm³/mol. The van der Waals surface area contributed by atoms with Gasteiger partial charge >= 0.3 is 28.7 Å². The molecule has 6 heteroatoms. The van der Waals surface area contributed by atoms with Gasteiger partial charge in [0.05, 0.1) is 0 Å². The smallest absolute Gasteiger partial charge is 0 e. The third kappa shape index (κ3) is 158. The van der Waals surface area contributed by atoms with E-state index in [9.17, 15) is 0 Å². The summed E-state index contributed by atoms with van der Waals surface area (Å²) in [5.41, 5.74) is 0. The maximum Gasteiger partial charge on any atom is 0 e. The first-order valence-corrected chi connectivity index (χ1v) is 2.61. The number of hydrogen-bond acceptors (Lipinski definition) is 3. The van der Waals surface area contributed by atoms with Gasteiger partial charge in [-0.05, 0) is 0 Å². The van der Waals surface area contributed by atoms with E-state index in [2.05, 4.69) is 0 Å². The van der Waals surface area contributed by atoms with Gasteiger partial charge in [-0.2, -0.15) is 0 Å². The molecule has 0 aromatic rings. The summed E-state index contributed by atoms with van der Waals surface area (Å²) in [6, 6.07) is 0. The Hall–Kier alpha value is 0.620. The van der Waals surface area contributed by atoms with E-state index in [1.165, 1.54) is 0 Å². The van der Waals surface area contributed by atoms with E-state index in [4.69, 9.17) is 15.7 Å². The van der Waals surface area contributed by atoms with E-state index in [0.29, 0.717) is 0 Å². The molecule has 4 nitrogen and oxygen atoms in total. The summed E-state index contributed by atoms with van der Waals surface area (Å²) in [5, 5.41) is 0. The summed E-state index contributed by atoms with van der Waals surface area (Å²) in [5.74, 6) is 0. The van der Waals surface area contributed by atoms with Crippen LogP contribution in [0.1, 0.15) is 0 Å². The summed E-state index contributed by atoms with van der Waals surface area (Å²) in [6.07, 6.45) is 0. The molecule has 1 N–H and O–H groups in total. The van der Waals surface area contributed by atoms with Crippen LogP contribution in [0.2, 0.25) is 0 Å². The molecule has 37 valence electrons. The topological polar surface area (TPSA) is 71.4 Å². The zero-order chi connectivity index (χ0) is 4.50. The van der Waals surface area contributed by atoms with Gasteiger partial charge in [0.2, 0.25) is 0 Å². The summed E-state index contributed by atoms with van der Waals surface area (Å²) in [6.45, 7) is 0. The Kier molecular flexibility index (Phi) is 4.47. The molecule has 0 aliphatic rings. The van der Waals surface area contributed by atoms with Crippen LogP contribution in [-0.2, 0) is 46.9 Å². The van der Waals surface area contributed by atoms with Gasteiger partial charge in [-0.25, -0.2) is 0 Å². The maximum absolute atomic E-state index is 8.69. The minimum atomic E-state index is -5.38. The molecule has 0 saturated heterocycles. The number of hydrogen-bond donors (Lipinski definition) is 1. The van der Waals surface area contributed by atoms with Crippen molar-refractivity contribution >= 4 is 0 Å². The fraction of sp³-hybridized carbons (Fsp3) is 0. The second-order valence-corrected chi connectivity index (χ2v) is 1.63. The molecule has 0 aromatic carbocycles. The summed E-state index contributed by atoms with van der Waals surface area (Å²) < 4.78 is 33.1. The van der Waals surface area contributed by atoms with Crippen LogP contribution in [0.15, 0.2) is 0 Å². The third-order valence-corrected chi connectivity index (χ3v) is 0. The molecule has 0 saturated carbocycles. The molecular formula is HMnO4Ta. The van der Waals surface area contributed by atoms with E-state index in [-0.39, 0.29) is 22.4 Å². The maximum atomic E-state index is 8.69. The molecule has 6 heavy (non-hydrogen) atoms. The molecule has 0 bridgehead atoms.